The molecule has 5 heteroatoms. The Morgan fingerprint density at radius 3 is 2.80 bits per heavy atom. The van der Waals surface area contributed by atoms with Crippen molar-refractivity contribution in [3.63, 3.8) is 0 Å². The number of hydrogen-bond donors (Lipinski definition) is 1. The first kappa shape index (κ1) is 12.7. The number of benzene rings is 2. The first-order valence-electron chi connectivity index (χ1n) is 6.10. The summed E-state index contributed by atoms with van der Waals surface area (Å²) < 4.78 is 29.0. The topological polar surface area (TPSA) is 47.9 Å². The van der Waals surface area contributed by atoms with Crippen molar-refractivity contribution in [1.29, 1.82) is 0 Å². The van der Waals surface area contributed by atoms with Crippen LogP contribution in [0.25, 0.3) is 0 Å². The maximum absolute atomic E-state index is 13.2. The summed E-state index contributed by atoms with van der Waals surface area (Å²) in [6.07, 6.45) is -0.964. The average Bonchev–Trinajstić information content (AvgIpc) is 2.93. The van der Waals surface area contributed by atoms with Crippen molar-refractivity contribution in [1.82, 2.24) is 0 Å². The number of halogens is 1. The van der Waals surface area contributed by atoms with Crippen LogP contribution in [-0.2, 0) is 0 Å². The number of fused-ring (bicyclic) bond motifs is 1. The van der Waals surface area contributed by atoms with E-state index < -0.39 is 11.9 Å². The summed E-state index contributed by atoms with van der Waals surface area (Å²) in [5, 5.41) is 10.3. The van der Waals surface area contributed by atoms with Crippen molar-refractivity contribution in [2.45, 2.75) is 6.10 Å². The van der Waals surface area contributed by atoms with Gasteiger partial charge in [-0.05, 0) is 35.4 Å². The van der Waals surface area contributed by atoms with E-state index in [4.69, 9.17) is 14.2 Å². The maximum Gasteiger partial charge on any atom is 0.231 e. The number of aliphatic hydroxyl groups is 1. The fourth-order valence-corrected chi connectivity index (χ4v) is 2.18. The predicted molar refractivity (Wildman–Crippen MR) is 69.6 cm³/mol. The van der Waals surface area contributed by atoms with Crippen molar-refractivity contribution >= 4 is 0 Å². The van der Waals surface area contributed by atoms with Crippen LogP contribution in [-0.4, -0.2) is 19.0 Å². The highest BCUT2D eigenvalue weighted by atomic mass is 19.1. The molecule has 1 atom stereocenters. The van der Waals surface area contributed by atoms with E-state index in [0.29, 0.717) is 28.4 Å². The fraction of sp³-hybridized carbons (Fsp3) is 0.200. The summed E-state index contributed by atoms with van der Waals surface area (Å²) in [5.41, 5.74) is 1.02. The lowest BCUT2D eigenvalue weighted by Gasteiger charge is -2.14. The molecule has 2 aromatic carbocycles. The van der Waals surface area contributed by atoms with E-state index in [9.17, 15) is 9.50 Å². The highest BCUT2D eigenvalue weighted by Crippen LogP contribution is 2.43. The molecule has 0 fully saturated rings. The molecule has 3 rings (SSSR count). The van der Waals surface area contributed by atoms with Crippen molar-refractivity contribution < 1.29 is 23.7 Å². The van der Waals surface area contributed by atoms with E-state index in [1.807, 2.05) is 0 Å². The van der Waals surface area contributed by atoms with Crippen molar-refractivity contribution in [3.8, 4) is 17.2 Å². The van der Waals surface area contributed by atoms with Gasteiger partial charge in [0, 0.05) is 0 Å². The molecule has 4 nitrogen and oxygen atoms in total. The molecule has 0 amide bonds. The van der Waals surface area contributed by atoms with Gasteiger partial charge in [0.05, 0.1) is 7.11 Å². The zero-order chi connectivity index (χ0) is 14.1. The predicted octanol–water partition coefficient (Wildman–Crippen LogP) is 2.64. The molecule has 1 aliphatic rings. The van der Waals surface area contributed by atoms with E-state index >= 15 is 0 Å². The summed E-state index contributed by atoms with van der Waals surface area (Å²) in [4.78, 5) is 0. The second-order valence-electron chi connectivity index (χ2n) is 4.41. The highest BCUT2D eigenvalue weighted by Gasteiger charge is 2.23. The van der Waals surface area contributed by atoms with Crippen molar-refractivity contribution in [2.24, 2.45) is 0 Å². The second kappa shape index (κ2) is 5.02. The Kier molecular flexibility index (Phi) is 3.20. The van der Waals surface area contributed by atoms with Gasteiger partial charge < -0.3 is 19.3 Å². The van der Waals surface area contributed by atoms with Crippen molar-refractivity contribution in [3.05, 3.63) is 53.3 Å². The molecule has 20 heavy (non-hydrogen) atoms. The maximum atomic E-state index is 13.2. The average molecular weight is 276 g/mol. The van der Waals surface area contributed by atoms with Gasteiger partial charge in [-0.2, -0.15) is 0 Å². The molecule has 1 unspecified atom stereocenters. The Labute approximate surface area is 115 Å². The molecule has 0 spiro atoms. The first-order valence-corrected chi connectivity index (χ1v) is 6.10. The van der Waals surface area contributed by atoms with Crippen LogP contribution in [0.15, 0.2) is 36.4 Å². The monoisotopic (exact) mass is 276 g/mol. The third kappa shape index (κ3) is 2.16. The Morgan fingerprint density at radius 2 is 2.05 bits per heavy atom. The SMILES string of the molecule is COc1cc(C(O)c2cccc(F)c2)cc2c1OCO2. The molecule has 0 saturated carbocycles. The molecular formula is C15H13FO4. The summed E-state index contributed by atoms with van der Waals surface area (Å²) in [7, 11) is 1.51. The summed E-state index contributed by atoms with van der Waals surface area (Å²) >= 11 is 0. The van der Waals surface area contributed by atoms with Crippen LogP contribution in [0.3, 0.4) is 0 Å². The van der Waals surface area contributed by atoms with Gasteiger partial charge in [-0.15, -0.1) is 0 Å². The molecule has 0 aliphatic carbocycles. The highest BCUT2D eigenvalue weighted by molar-refractivity contribution is 5.56. The van der Waals surface area contributed by atoms with Crippen LogP contribution in [0, 0.1) is 5.82 Å². The van der Waals surface area contributed by atoms with Crippen LogP contribution in [0.5, 0.6) is 17.2 Å². The largest absolute Gasteiger partial charge is 0.493 e. The van der Waals surface area contributed by atoms with Crippen LogP contribution in [0.1, 0.15) is 17.2 Å². The number of ether oxygens (including phenoxy) is 3. The molecule has 0 saturated heterocycles. The van der Waals surface area contributed by atoms with Gasteiger partial charge in [-0.1, -0.05) is 12.1 Å². The van der Waals surface area contributed by atoms with Gasteiger partial charge in [0.1, 0.15) is 11.9 Å². The molecule has 0 radical (unpaired) electrons. The molecule has 2 aromatic rings. The number of aliphatic hydroxyl groups excluding tert-OH is 1. The van der Waals surface area contributed by atoms with E-state index in [1.54, 1.807) is 24.3 Å². The normalized spacial score (nSPS) is 14.2. The second-order valence-corrected chi connectivity index (χ2v) is 4.41. The minimum Gasteiger partial charge on any atom is -0.493 e. The molecule has 104 valence electrons. The standard InChI is InChI=1S/C15H13FO4/c1-18-12-6-10(7-13-15(12)20-8-19-13)14(17)9-3-2-4-11(16)5-9/h2-7,14,17H,8H2,1H3. The molecule has 1 heterocycles. The number of hydrogen-bond acceptors (Lipinski definition) is 4. The van der Waals surface area contributed by atoms with Gasteiger partial charge in [0.15, 0.2) is 11.5 Å². The van der Waals surface area contributed by atoms with E-state index in [0.717, 1.165) is 0 Å². The summed E-state index contributed by atoms with van der Waals surface area (Å²) in [6.45, 7) is 0.116. The Bertz CT molecular complexity index is 642. The molecule has 1 aliphatic heterocycles. The van der Waals surface area contributed by atoms with Crippen LogP contribution < -0.4 is 14.2 Å². The Morgan fingerprint density at radius 1 is 1.20 bits per heavy atom. The minimum atomic E-state index is -0.964. The van der Waals surface area contributed by atoms with Gasteiger partial charge >= 0.3 is 0 Å². The van der Waals surface area contributed by atoms with Crippen molar-refractivity contribution in [2.75, 3.05) is 13.9 Å². The first-order chi connectivity index (χ1) is 9.69. The third-order valence-electron chi connectivity index (χ3n) is 3.16. The van der Waals surface area contributed by atoms with Gasteiger partial charge in [-0.3, -0.25) is 0 Å². The lowest BCUT2D eigenvalue weighted by Crippen LogP contribution is -2.01. The van der Waals surface area contributed by atoms with E-state index in [2.05, 4.69) is 0 Å². The summed E-state index contributed by atoms with van der Waals surface area (Å²) in [6, 6.07) is 9.16. The zero-order valence-electron chi connectivity index (χ0n) is 10.8. The third-order valence-corrected chi connectivity index (χ3v) is 3.16. The van der Waals surface area contributed by atoms with E-state index in [1.165, 1.54) is 19.2 Å². The molecule has 0 bridgehead atoms. The molecular weight excluding hydrogens is 263 g/mol. The minimum absolute atomic E-state index is 0.116. The quantitative estimate of drug-likeness (QED) is 0.936. The van der Waals surface area contributed by atoms with Gasteiger partial charge in [0.25, 0.3) is 0 Å². The summed E-state index contributed by atoms with van der Waals surface area (Å²) in [5.74, 6) is 1.11. The molecule has 0 aromatic heterocycles. The van der Waals surface area contributed by atoms with Gasteiger partial charge in [0.2, 0.25) is 12.5 Å². The van der Waals surface area contributed by atoms with Crippen LogP contribution >= 0.6 is 0 Å². The number of rotatable bonds is 3. The van der Waals surface area contributed by atoms with Crippen LogP contribution in [0.2, 0.25) is 0 Å². The van der Waals surface area contributed by atoms with Gasteiger partial charge in [-0.25, -0.2) is 4.39 Å². The van der Waals surface area contributed by atoms with E-state index in [-0.39, 0.29) is 6.79 Å². The van der Waals surface area contributed by atoms with Crippen LogP contribution in [0.4, 0.5) is 4.39 Å². The Hall–Kier alpha value is -2.27. The lowest BCUT2D eigenvalue weighted by molar-refractivity contribution is 0.171. The smallest absolute Gasteiger partial charge is 0.231 e. The Balaban J connectivity index is 2.02. The lowest BCUT2D eigenvalue weighted by atomic mass is 10.0. The zero-order valence-corrected chi connectivity index (χ0v) is 10.8. The molecule has 1 N–H and O–H groups in total. The fourth-order valence-electron chi connectivity index (χ4n) is 2.18. The number of methoxy groups -OCH3 is 1.